The molecule has 0 aliphatic carbocycles. The number of carbonyl (C=O) groups is 1. The number of carbonyl (C=O) groups excluding carboxylic acids is 1. The minimum Gasteiger partial charge on any atom is -0.349 e. The van der Waals surface area contributed by atoms with Gasteiger partial charge >= 0.3 is 0 Å². The zero-order valence-corrected chi connectivity index (χ0v) is 11.5. The highest BCUT2D eigenvalue weighted by Gasteiger charge is 2.24. The molecule has 0 aliphatic rings. The van der Waals surface area contributed by atoms with Crippen LogP contribution in [0.3, 0.4) is 0 Å². The molecule has 0 unspecified atom stereocenters. The average Bonchev–Trinajstić information content (AvgIpc) is 2.25. The molecule has 1 aromatic rings. The molecule has 1 rings (SSSR count). The predicted octanol–water partition coefficient (Wildman–Crippen LogP) is 3.61. The van der Waals surface area contributed by atoms with E-state index in [2.05, 4.69) is 31.3 Å². The fourth-order valence-electron chi connectivity index (χ4n) is 1.75. The summed E-state index contributed by atoms with van der Waals surface area (Å²) in [5.74, 6) is 0.104. The minimum absolute atomic E-state index is 0.104. The van der Waals surface area contributed by atoms with Crippen molar-refractivity contribution in [3.8, 4) is 0 Å². The van der Waals surface area contributed by atoms with E-state index in [0.717, 1.165) is 6.42 Å². The fourth-order valence-corrected chi connectivity index (χ4v) is 1.75. The molecule has 1 amide bonds. The maximum atomic E-state index is 12.0. The van der Waals surface area contributed by atoms with Gasteiger partial charge in [0.15, 0.2) is 0 Å². The molecule has 2 nitrogen and oxygen atoms in total. The van der Waals surface area contributed by atoms with Crippen LogP contribution in [0.5, 0.6) is 0 Å². The summed E-state index contributed by atoms with van der Waals surface area (Å²) < 4.78 is 0. The van der Waals surface area contributed by atoms with Gasteiger partial charge in [-0.3, -0.25) is 4.79 Å². The molecule has 0 saturated heterocycles. The third kappa shape index (κ3) is 3.58. The van der Waals surface area contributed by atoms with Crippen LogP contribution in [0.15, 0.2) is 24.3 Å². The Hall–Kier alpha value is -1.31. The smallest absolute Gasteiger partial charge is 0.225 e. The van der Waals surface area contributed by atoms with Crippen molar-refractivity contribution >= 4 is 5.91 Å². The molecule has 0 fully saturated rings. The van der Waals surface area contributed by atoms with Gasteiger partial charge in [0.25, 0.3) is 0 Å². The van der Waals surface area contributed by atoms with Gasteiger partial charge in [-0.05, 0) is 24.5 Å². The largest absolute Gasteiger partial charge is 0.349 e. The van der Waals surface area contributed by atoms with Crippen LogP contribution < -0.4 is 5.32 Å². The highest BCUT2D eigenvalue weighted by atomic mass is 16.2. The van der Waals surface area contributed by atoms with E-state index in [0.29, 0.717) is 0 Å². The second-order valence-corrected chi connectivity index (χ2v) is 5.54. The van der Waals surface area contributed by atoms with Crippen molar-refractivity contribution in [1.29, 1.82) is 0 Å². The topological polar surface area (TPSA) is 29.1 Å². The molecule has 0 bridgehead atoms. The highest BCUT2D eigenvalue weighted by Crippen LogP contribution is 2.22. The van der Waals surface area contributed by atoms with Gasteiger partial charge in [0.05, 0.1) is 6.04 Å². The van der Waals surface area contributed by atoms with Crippen molar-refractivity contribution in [3.63, 3.8) is 0 Å². The van der Waals surface area contributed by atoms with Crippen LogP contribution in [0.1, 0.15) is 51.3 Å². The van der Waals surface area contributed by atoms with E-state index >= 15 is 0 Å². The Morgan fingerprint density at radius 1 is 1.29 bits per heavy atom. The van der Waals surface area contributed by atoms with Crippen molar-refractivity contribution in [2.45, 2.75) is 47.1 Å². The number of aryl methyl sites for hydroxylation is 1. The maximum Gasteiger partial charge on any atom is 0.225 e. The van der Waals surface area contributed by atoms with Gasteiger partial charge in [0.1, 0.15) is 0 Å². The molecule has 0 saturated carbocycles. The monoisotopic (exact) mass is 233 g/mol. The maximum absolute atomic E-state index is 12.0. The molecule has 0 radical (unpaired) electrons. The van der Waals surface area contributed by atoms with Gasteiger partial charge in [0, 0.05) is 5.41 Å². The quantitative estimate of drug-likeness (QED) is 0.849. The van der Waals surface area contributed by atoms with Crippen LogP contribution >= 0.6 is 0 Å². The Morgan fingerprint density at radius 2 is 1.88 bits per heavy atom. The molecule has 0 aliphatic heterocycles. The lowest BCUT2D eigenvalue weighted by Crippen LogP contribution is -2.37. The van der Waals surface area contributed by atoms with Crippen LogP contribution in [-0.4, -0.2) is 5.91 Å². The van der Waals surface area contributed by atoms with Gasteiger partial charge in [-0.25, -0.2) is 0 Å². The molecular formula is C15H23NO. The summed E-state index contributed by atoms with van der Waals surface area (Å²) in [7, 11) is 0. The predicted molar refractivity (Wildman–Crippen MR) is 71.8 cm³/mol. The van der Waals surface area contributed by atoms with Crippen molar-refractivity contribution in [2.24, 2.45) is 5.41 Å². The molecule has 2 heteroatoms. The second-order valence-electron chi connectivity index (χ2n) is 5.54. The molecule has 1 aromatic carbocycles. The van der Waals surface area contributed by atoms with Crippen LogP contribution in [0.25, 0.3) is 0 Å². The standard InChI is InChI=1S/C15H23NO/c1-6-13(16-14(17)15(3,4)5)12-10-8-7-9-11(12)2/h7-10,13H,6H2,1-5H3,(H,16,17)/t13-/m0/s1. The Labute approximate surface area is 104 Å². The molecule has 17 heavy (non-hydrogen) atoms. The fraction of sp³-hybridized carbons (Fsp3) is 0.533. The Morgan fingerprint density at radius 3 is 2.35 bits per heavy atom. The third-order valence-electron chi connectivity index (χ3n) is 2.96. The molecule has 1 N–H and O–H groups in total. The molecule has 0 heterocycles. The molecule has 1 atom stereocenters. The summed E-state index contributed by atoms with van der Waals surface area (Å²) in [4.78, 5) is 12.0. The van der Waals surface area contributed by atoms with E-state index in [9.17, 15) is 4.79 Å². The Bertz CT molecular complexity index is 390. The summed E-state index contributed by atoms with van der Waals surface area (Å²) in [5, 5.41) is 3.12. The third-order valence-corrected chi connectivity index (χ3v) is 2.96. The molecule has 94 valence electrons. The number of hydrogen-bond donors (Lipinski definition) is 1. The highest BCUT2D eigenvalue weighted by molar-refractivity contribution is 5.81. The molecule has 0 spiro atoms. The van der Waals surface area contributed by atoms with Crippen molar-refractivity contribution in [3.05, 3.63) is 35.4 Å². The SMILES string of the molecule is CC[C@H](NC(=O)C(C)(C)C)c1ccccc1C. The number of amides is 1. The van der Waals surface area contributed by atoms with Gasteiger partial charge in [-0.1, -0.05) is 52.0 Å². The minimum atomic E-state index is -0.337. The molecule has 0 aromatic heterocycles. The van der Waals surface area contributed by atoms with Gasteiger partial charge in [0.2, 0.25) is 5.91 Å². The Balaban J connectivity index is 2.87. The van der Waals surface area contributed by atoms with Gasteiger partial charge in [-0.2, -0.15) is 0 Å². The zero-order chi connectivity index (χ0) is 13.1. The number of rotatable bonds is 3. The zero-order valence-electron chi connectivity index (χ0n) is 11.5. The lowest BCUT2D eigenvalue weighted by molar-refractivity contribution is -0.129. The summed E-state index contributed by atoms with van der Waals surface area (Å²) in [6, 6.07) is 8.34. The summed E-state index contributed by atoms with van der Waals surface area (Å²) in [6.07, 6.45) is 0.909. The van der Waals surface area contributed by atoms with E-state index in [-0.39, 0.29) is 17.4 Å². The second kappa shape index (κ2) is 5.35. The Kier molecular flexibility index (Phi) is 4.33. The van der Waals surface area contributed by atoms with E-state index in [1.165, 1.54) is 11.1 Å². The van der Waals surface area contributed by atoms with Crippen LogP contribution in [0, 0.1) is 12.3 Å². The first-order valence-electron chi connectivity index (χ1n) is 6.22. The van der Waals surface area contributed by atoms with Crippen molar-refractivity contribution < 1.29 is 4.79 Å². The first kappa shape index (κ1) is 13.8. The van der Waals surface area contributed by atoms with Crippen molar-refractivity contribution in [2.75, 3.05) is 0 Å². The first-order chi connectivity index (χ1) is 7.86. The average molecular weight is 233 g/mol. The number of hydrogen-bond acceptors (Lipinski definition) is 1. The first-order valence-corrected chi connectivity index (χ1v) is 6.22. The lowest BCUT2D eigenvalue weighted by Gasteiger charge is -2.24. The van der Waals surface area contributed by atoms with E-state index < -0.39 is 0 Å². The summed E-state index contributed by atoms with van der Waals surface area (Å²) in [5.41, 5.74) is 2.11. The van der Waals surface area contributed by atoms with Gasteiger partial charge in [-0.15, -0.1) is 0 Å². The number of nitrogens with one attached hydrogen (secondary N) is 1. The normalized spacial score (nSPS) is 13.2. The van der Waals surface area contributed by atoms with E-state index in [4.69, 9.17) is 0 Å². The van der Waals surface area contributed by atoms with Crippen molar-refractivity contribution in [1.82, 2.24) is 5.32 Å². The summed E-state index contributed by atoms with van der Waals surface area (Å²) in [6.45, 7) is 9.99. The number of benzene rings is 1. The van der Waals surface area contributed by atoms with Gasteiger partial charge < -0.3 is 5.32 Å². The summed E-state index contributed by atoms with van der Waals surface area (Å²) >= 11 is 0. The lowest BCUT2D eigenvalue weighted by atomic mass is 9.93. The molecular weight excluding hydrogens is 210 g/mol. The van der Waals surface area contributed by atoms with E-state index in [1.807, 2.05) is 32.9 Å². The van der Waals surface area contributed by atoms with Crippen LogP contribution in [0.4, 0.5) is 0 Å². The van der Waals surface area contributed by atoms with Crippen LogP contribution in [-0.2, 0) is 4.79 Å². The van der Waals surface area contributed by atoms with Crippen LogP contribution in [0.2, 0.25) is 0 Å². The van der Waals surface area contributed by atoms with E-state index in [1.54, 1.807) is 0 Å².